The lowest BCUT2D eigenvalue weighted by molar-refractivity contribution is -0.144. The average Bonchev–Trinajstić information content (AvgIpc) is 2.25. The summed E-state index contributed by atoms with van der Waals surface area (Å²) in [5.74, 6) is -0.446. The van der Waals surface area contributed by atoms with Crippen molar-refractivity contribution in [3.05, 3.63) is 27.9 Å². The quantitative estimate of drug-likeness (QED) is 0.578. The van der Waals surface area contributed by atoms with E-state index in [0.717, 1.165) is 12.8 Å². The van der Waals surface area contributed by atoms with E-state index in [4.69, 9.17) is 16.3 Å². The maximum atomic E-state index is 11.4. The van der Waals surface area contributed by atoms with Crippen LogP contribution in [0, 0.1) is 0 Å². The first-order valence-electron chi connectivity index (χ1n) is 5.01. The van der Waals surface area contributed by atoms with Crippen molar-refractivity contribution in [1.29, 1.82) is 0 Å². The fraction of sp³-hybridized carbons (Fsp3) is 0.500. The highest BCUT2D eigenvalue weighted by Gasteiger charge is 2.07. The van der Waals surface area contributed by atoms with Crippen molar-refractivity contribution in [2.24, 2.45) is 0 Å². The molecule has 0 bridgehead atoms. The third-order valence-corrected chi connectivity index (χ3v) is 2.19. The van der Waals surface area contributed by atoms with Crippen LogP contribution in [-0.4, -0.2) is 22.1 Å². The molecule has 0 N–H and O–H groups in total. The van der Waals surface area contributed by atoms with Crippen LogP contribution in [-0.2, 0) is 16.1 Å². The number of unbranched alkanes of at least 4 members (excludes halogenated alkanes) is 1. The summed E-state index contributed by atoms with van der Waals surface area (Å²) in [5, 5.41) is -0.149. The molecular formula is C10H13ClN2O3. The molecule has 0 saturated carbocycles. The lowest BCUT2D eigenvalue weighted by atomic mass is 10.4. The maximum Gasteiger partial charge on any atom is 0.326 e. The lowest BCUT2D eigenvalue weighted by Crippen LogP contribution is -2.25. The summed E-state index contributed by atoms with van der Waals surface area (Å²) in [6.07, 6.45) is 4.53. The molecule has 0 aliphatic rings. The summed E-state index contributed by atoms with van der Waals surface area (Å²) in [6, 6.07) is 0. The van der Waals surface area contributed by atoms with Crippen LogP contribution >= 0.6 is 11.6 Å². The first-order chi connectivity index (χ1) is 7.65. The van der Waals surface area contributed by atoms with Crippen molar-refractivity contribution in [1.82, 2.24) is 9.55 Å². The van der Waals surface area contributed by atoms with Crippen LogP contribution in [0.3, 0.4) is 0 Å². The smallest absolute Gasteiger partial charge is 0.326 e. The van der Waals surface area contributed by atoms with Gasteiger partial charge in [0.15, 0.2) is 5.15 Å². The molecule has 1 aromatic rings. The van der Waals surface area contributed by atoms with Crippen molar-refractivity contribution >= 4 is 17.6 Å². The number of nitrogens with zero attached hydrogens (tertiary/aromatic N) is 2. The van der Waals surface area contributed by atoms with Crippen LogP contribution in [0.5, 0.6) is 0 Å². The minimum atomic E-state index is -0.489. The Hall–Kier alpha value is -1.36. The van der Waals surface area contributed by atoms with E-state index in [1.165, 1.54) is 17.0 Å². The molecule has 0 radical (unpaired) electrons. The summed E-state index contributed by atoms with van der Waals surface area (Å²) in [5.41, 5.74) is -0.489. The molecule has 0 aromatic carbocycles. The van der Waals surface area contributed by atoms with Gasteiger partial charge in [0.2, 0.25) is 0 Å². The summed E-state index contributed by atoms with van der Waals surface area (Å²) >= 11 is 5.53. The molecule has 0 saturated heterocycles. The van der Waals surface area contributed by atoms with Gasteiger partial charge in [-0.05, 0) is 6.42 Å². The molecule has 1 rings (SSSR count). The van der Waals surface area contributed by atoms with Crippen LogP contribution in [0.1, 0.15) is 19.8 Å². The van der Waals surface area contributed by atoms with E-state index >= 15 is 0 Å². The molecule has 0 atom stereocenters. The Balaban J connectivity index is 2.56. The molecule has 16 heavy (non-hydrogen) atoms. The Morgan fingerprint density at radius 2 is 2.38 bits per heavy atom. The Morgan fingerprint density at radius 3 is 3.06 bits per heavy atom. The number of ether oxygens (including phenoxy) is 1. The van der Waals surface area contributed by atoms with Crippen molar-refractivity contribution < 1.29 is 9.53 Å². The molecule has 0 spiro atoms. The third kappa shape index (κ3) is 3.66. The predicted octanol–water partition coefficient (Wildman–Crippen LogP) is 1.24. The van der Waals surface area contributed by atoms with Gasteiger partial charge in [0.1, 0.15) is 6.54 Å². The van der Waals surface area contributed by atoms with Crippen LogP contribution in [0.4, 0.5) is 0 Å². The van der Waals surface area contributed by atoms with Gasteiger partial charge in [-0.15, -0.1) is 0 Å². The Labute approximate surface area is 98.0 Å². The normalized spacial score (nSPS) is 10.1. The molecule has 1 aromatic heterocycles. The summed E-state index contributed by atoms with van der Waals surface area (Å²) in [4.78, 5) is 26.3. The van der Waals surface area contributed by atoms with E-state index in [2.05, 4.69) is 4.98 Å². The number of aromatic nitrogens is 2. The van der Waals surface area contributed by atoms with Crippen LogP contribution in [0.15, 0.2) is 17.2 Å². The van der Waals surface area contributed by atoms with E-state index in [0.29, 0.717) is 6.61 Å². The molecule has 88 valence electrons. The molecule has 6 heteroatoms. The maximum absolute atomic E-state index is 11.4. The number of halogens is 1. The number of hydrogen-bond acceptors (Lipinski definition) is 4. The van der Waals surface area contributed by atoms with Gasteiger partial charge < -0.3 is 9.30 Å². The topological polar surface area (TPSA) is 61.2 Å². The van der Waals surface area contributed by atoms with Crippen molar-refractivity contribution in [3.8, 4) is 0 Å². The first kappa shape index (κ1) is 12.7. The van der Waals surface area contributed by atoms with E-state index < -0.39 is 11.5 Å². The van der Waals surface area contributed by atoms with Crippen molar-refractivity contribution in [2.45, 2.75) is 26.3 Å². The van der Waals surface area contributed by atoms with Crippen molar-refractivity contribution in [3.63, 3.8) is 0 Å². The SMILES string of the molecule is CCCCOC(=O)Cn1ccnc(Cl)c1=O. The highest BCUT2D eigenvalue weighted by atomic mass is 35.5. The van der Waals surface area contributed by atoms with Crippen LogP contribution < -0.4 is 5.56 Å². The fourth-order valence-electron chi connectivity index (χ4n) is 1.06. The number of hydrogen-bond donors (Lipinski definition) is 0. The minimum Gasteiger partial charge on any atom is -0.464 e. The first-order valence-corrected chi connectivity index (χ1v) is 5.39. The van der Waals surface area contributed by atoms with Gasteiger partial charge in [-0.3, -0.25) is 9.59 Å². The molecule has 0 amide bonds. The van der Waals surface area contributed by atoms with Gasteiger partial charge in [-0.2, -0.15) is 0 Å². The Morgan fingerprint density at radius 1 is 1.62 bits per heavy atom. The predicted molar refractivity (Wildman–Crippen MR) is 59.4 cm³/mol. The Bertz CT molecular complexity index is 417. The largest absolute Gasteiger partial charge is 0.464 e. The van der Waals surface area contributed by atoms with Gasteiger partial charge in [0.25, 0.3) is 5.56 Å². The molecule has 0 fully saturated rings. The second-order valence-electron chi connectivity index (χ2n) is 3.23. The molecule has 0 aliphatic carbocycles. The summed E-state index contributed by atoms with van der Waals surface area (Å²) in [6.45, 7) is 2.24. The zero-order chi connectivity index (χ0) is 12.0. The van der Waals surface area contributed by atoms with Crippen LogP contribution in [0.2, 0.25) is 5.15 Å². The highest BCUT2D eigenvalue weighted by Crippen LogP contribution is 1.95. The van der Waals surface area contributed by atoms with Gasteiger partial charge in [-0.1, -0.05) is 24.9 Å². The van der Waals surface area contributed by atoms with Crippen LogP contribution in [0.25, 0.3) is 0 Å². The number of esters is 1. The Kier molecular flexibility index (Phi) is 4.98. The van der Waals surface area contributed by atoms with E-state index in [9.17, 15) is 9.59 Å². The number of carbonyl (C=O) groups is 1. The zero-order valence-electron chi connectivity index (χ0n) is 8.98. The standard InChI is InChI=1S/C10H13ClN2O3/c1-2-3-6-16-8(14)7-13-5-4-12-9(11)10(13)15/h4-5H,2-3,6-7H2,1H3. The fourth-order valence-corrected chi connectivity index (χ4v) is 1.23. The van der Waals surface area contributed by atoms with Gasteiger partial charge >= 0.3 is 5.97 Å². The summed E-state index contributed by atoms with van der Waals surface area (Å²) < 4.78 is 6.09. The second kappa shape index (κ2) is 6.27. The summed E-state index contributed by atoms with van der Waals surface area (Å²) in [7, 11) is 0. The molecule has 1 heterocycles. The van der Waals surface area contributed by atoms with E-state index in [1.807, 2.05) is 6.92 Å². The van der Waals surface area contributed by atoms with Gasteiger partial charge in [0, 0.05) is 12.4 Å². The number of carbonyl (C=O) groups excluding carboxylic acids is 1. The van der Waals surface area contributed by atoms with E-state index in [1.54, 1.807) is 0 Å². The average molecular weight is 245 g/mol. The van der Waals surface area contributed by atoms with Gasteiger partial charge in [0.05, 0.1) is 6.61 Å². The lowest BCUT2D eigenvalue weighted by Gasteiger charge is -2.05. The molecular weight excluding hydrogens is 232 g/mol. The van der Waals surface area contributed by atoms with Crippen molar-refractivity contribution in [2.75, 3.05) is 6.61 Å². The number of rotatable bonds is 5. The monoisotopic (exact) mass is 244 g/mol. The highest BCUT2D eigenvalue weighted by molar-refractivity contribution is 6.29. The zero-order valence-corrected chi connectivity index (χ0v) is 9.74. The molecule has 0 unspecified atom stereocenters. The minimum absolute atomic E-state index is 0.134. The molecule has 5 nitrogen and oxygen atoms in total. The van der Waals surface area contributed by atoms with Gasteiger partial charge in [-0.25, -0.2) is 4.98 Å². The second-order valence-corrected chi connectivity index (χ2v) is 3.58. The molecule has 0 aliphatic heterocycles. The van der Waals surface area contributed by atoms with E-state index in [-0.39, 0.29) is 11.7 Å². The third-order valence-electron chi connectivity index (χ3n) is 1.93.